The minimum atomic E-state index is 0.0872. The lowest BCUT2D eigenvalue weighted by atomic mass is 10.1. The normalized spacial score (nSPS) is 20.3. The number of rotatable bonds is 5. The second-order valence-corrected chi connectivity index (χ2v) is 6.17. The number of benzene rings is 1. The second-order valence-electron chi connectivity index (χ2n) is 5.25. The van der Waals surface area contributed by atoms with Gasteiger partial charge in [0.05, 0.1) is 6.54 Å². The van der Waals surface area contributed by atoms with Crippen molar-refractivity contribution in [2.45, 2.75) is 32.4 Å². The second kappa shape index (κ2) is 5.97. The van der Waals surface area contributed by atoms with Crippen LogP contribution in [0.25, 0.3) is 0 Å². The van der Waals surface area contributed by atoms with Crippen molar-refractivity contribution in [3.05, 3.63) is 46.5 Å². The van der Waals surface area contributed by atoms with E-state index in [1.807, 2.05) is 23.6 Å². The van der Waals surface area contributed by atoms with Crippen LogP contribution in [0.3, 0.4) is 0 Å². The van der Waals surface area contributed by atoms with E-state index in [4.69, 9.17) is 0 Å². The van der Waals surface area contributed by atoms with Crippen LogP contribution >= 0.6 is 15.9 Å². The molecular weight excluding hydrogens is 332 g/mol. The zero-order valence-electron chi connectivity index (χ0n) is 11.8. The van der Waals surface area contributed by atoms with Gasteiger partial charge in [-0.05, 0) is 37.0 Å². The Hall–Kier alpha value is -1.69. The van der Waals surface area contributed by atoms with Gasteiger partial charge in [-0.3, -0.25) is 4.79 Å². The predicted octanol–water partition coefficient (Wildman–Crippen LogP) is 2.48. The first-order valence-electron chi connectivity index (χ1n) is 7.09. The van der Waals surface area contributed by atoms with Crippen LogP contribution in [0.2, 0.25) is 0 Å². The fraction of sp³-hybridized carbons (Fsp3) is 0.400. The zero-order chi connectivity index (χ0) is 14.8. The minimum absolute atomic E-state index is 0.0872. The molecule has 1 heterocycles. The van der Waals surface area contributed by atoms with Crippen molar-refractivity contribution in [2.24, 2.45) is 5.92 Å². The highest BCUT2D eigenvalue weighted by Gasteiger charge is 2.43. The molecule has 1 N–H and O–H groups in total. The maximum Gasteiger partial charge on any atom is 0.224 e. The minimum Gasteiger partial charge on any atom is -0.349 e. The maximum atomic E-state index is 12.2. The summed E-state index contributed by atoms with van der Waals surface area (Å²) in [5, 5.41) is 10.8. The van der Waals surface area contributed by atoms with Crippen molar-refractivity contribution in [1.29, 1.82) is 0 Å². The van der Waals surface area contributed by atoms with E-state index in [-0.39, 0.29) is 11.8 Å². The van der Waals surface area contributed by atoms with Gasteiger partial charge in [0, 0.05) is 16.9 Å². The Balaban J connectivity index is 1.55. The number of nitrogens with zero attached hydrogens (tertiary/aromatic N) is 3. The summed E-state index contributed by atoms with van der Waals surface area (Å²) < 4.78 is 2.99. The van der Waals surface area contributed by atoms with Crippen molar-refractivity contribution in [3.8, 4) is 0 Å². The third-order valence-corrected chi connectivity index (χ3v) is 4.41. The van der Waals surface area contributed by atoms with Crippen LogP contribution in [0.15, 0.2) is 35.1 Å². The molecule has 2 unspecified atom stereocenters. The number of carbonyl (C=O) groups excluding carboxylic acids is 1. The van der Waals surface area contributed by atoms with Gasteiger partial charge in [-0.2, -0.15) is 0 Å². The molecule has 0 radical (unpaired) electrons. The van der Waals surface area contributed by atoms with Crippen LogP contribution in [0.4, 0.5) is 0 Å². The summed E-state index contributed by atoms with van der Waals surface area (Å²) in [6.07, 6.45) is 2.61. The van der Waals surface area contributed by atoms with Gasteiger partial charge in [0.1, 0.15) is 6.33 Å². The molecule has 6 heteroatoms. The quantitative estimate of drug-likeness (QED) is 0.902. The Morgan fingerprint density at radius 1 is 1.43 bits per heavy atom. The fourth-order valence-electron chi connectivity index (χ4n) is 2.54. The number of amides is 1. The van der Waals surface area contributed by atoms with E-state index < -0.39 is 0 Å². The molecule has 1 fully saturated rings. The molecule has 0 spiro atoms. The molecule has 1 aromatic carbocycles. The summed E-state index contributed by atoms with van der Waals surface area (Å²) in [6.45, 7) is 3.28. The number of halogens is 1. The van der Waals surface area contributed by atoms with E-state index in [1.165, 1.54) is 5.56 Å². The van der Waals surface area contributed by atoms with Crippen LogP contribution in [0, 0.1) is 5.92 Å². The van der Waals surface area contributed by atoms with Gasteiger partial charge in [-0.15, -0.1) is 10.2 Å². The highest BCUT2D eigenvalue weighted by Crippen LogP contribution is 2.47. The number of hydrogen-bond acceptors (Lipinski definition) is 3. The van der Waals surface area contributed by atoms with E-state index in [1.54, 1.807) is 6.33 Å². The molecule has 1 aliphatic rings. The van der Waals surface area contributed by atoms with Crippen LogP contribution in [-0.4, -0.2) is 20.7 Å². The van der Waals surface area contributed by atoms with Gasteiger partial charge < -0.3 is 9.88 Å². The van der Waals surface area contributed by atoms with Crippen molar-refractivity contribution >= 4 is 21.8 Å². The molecule has 5 nitrogen and oxygen atoms in total. The van der Waals surface area contributed by atoms with E-state index in [9.17, 15) is 4.79 Å². The fourth-order valence-corrected chi connectivity index (χ4v) is 2.80. The Morgan fingerprint density at radius 2 is 2.19 bits per heavy atom. The van der Waals surface area contributed by atoms with Gasteiger partial charge in [0.25, 0.3) is 0 Å². The molecule has 1 saturated carbocycles. The molecule has 1 amide bonds. The lowest BCUT2D eigenvalue weighted by Gasteiger charge is -2.06. The van der Waals surface area contributed by atoms with E-state index in [2.05, 4.69) is 43.6 Å². The van der Waals surface area contributed by atoms with Gasteiger partial charge in [0.15, 0.2) is 5.82 Å². The van der Waals surface area contributed by atoms with Gasteiger partial charge in [-0.1, -0.05) is 28.1 Å². The summed E-state index contributed by atoms with van der Waals surface area (Å²) in [4.78, 5) is 12.2. The van der Waals surface area contributed by atoms with E-state index >= 15 is 0 Å². The van der Waals surface area contributed by atoms with Crippen LogP contribution < -0.4 is 5.32 Å². The number of carbonyl (C=O) groups is 1. The van der Waals surface area contributed by atoms with E-state index in [0.717, 1.165) is 23.3 Å². The van der Waals surface area contributed by atoms with Gasteiger partial charge >= 0.3 is 0 Å². The third kappa shape index (κ3) is 3.15. The number of hydrogen-bond donors (Lipinski definition) is 1. The average molecular weight is 349 g/mol. The van der Waals surface area contributed by atoms with Crippen LogP contribution in [-0.2, 0) is 17.9 Å². The molecule has 0 saturated heterocycles. The largest absolute Gasteiger partial charge is 0.349 e. The standard InChI is InChI=1S/C15H17BrN4O/c1-2-20-9-18-19-14(20)8-17-15(21)13-7-12(13)10-3-5-11(16)6-4-10/h3-6,9,12-13H,2,7-8H2,1H3,(H,17,21). The molecule has 0 bridgehead atoms. The first-order valence-corrected chi connectivity index (χ1v) is 7.88. The molecule has 1 aromatic heterocycles. The monoisotopic (exact) mass is 348 g/mol. The van der Waals surface area contributed by atoms with Crippen molar-refractivity contribution in [3.63, 3.8) is 0 Å². The smallest absolute Gasteiger partial charge is 0.224 e. The first kappa shape index (κ1) is 14.3. The summed E-state index contributed by atoms with van der Waals surface area (Å²) in [5.41, 5.74) is 1.23. The van der Waals surface area contributed by atoms with Crippen molar-refractivity contribution in [1.82, 2.24) is 20.1 Å². The van der Waals surface area contributed by atoms with Crippen molar-refractivity contribution < 1.29 is 4.79 Å². The van der Waals surface area contributed by atoms with Gasteiger partial charge in [0.2, 0.25) is 5.91 Å². The predicted molar refractivity (Wildman–Crippen MR) is 82.5 cm³/mol. The molecule has 0 aliphatic heterocycles. The molecular formula is C15H17BrN4O. The van der Waals surface area contributed by atoms with E-state index in [0.29, 0.717) is 12.5 Å². The highest BCUT2D eigenvalue weighted by atomic mass is 79.9. The number of nitrogens with one attached hydrogen (secondary N) is 1. The summed E-state index contributed by atoms with van der Waals surface area (Å²) >= 11 is 3.43. The molecule has 110 valence electrons. The molecule has 2 atom stereocenters. The summed E-state index contributed by atoms with van der Waals surface area (Å²) in [7, 11) is 0. The SMILES string of the molecule is CCn1cnnc1CNC(=O)C1CC1c1ccc(Br)cc1. The average Bonchev–Trinajstić information content (AvgIpc) is 3.16. The molecule has 1 aliphatic carbocycles. The highest BCUT2D eigenvalue weighted by molar-refractivity contribution is 9.10. The summed E-state index contributed by atoms with van der Waals surface area (Å²) in [5.74, 6) is 1.34. The Kier molecular flexibility index (Phi) is 4.05. The lowest BCUT2D eigenvalue weighted by Crippen LogP contribution is -2.26. The Bertz CT molecular complexity index is 637. The molecule has 21 heavy (non-hydrogen) atoms. The van der Waals surface area contributed by atoms with Gasteiger partial charge in [-0.25, -0.2) is 0 Å². The van der Waals surface area contributed by atoms with Crippen LogP contribution in [0.1, 0.15) is 30.7 Å². The topological polar surface area (TPSA) is 59.8 Å². The third-order valence-electron chi connectivity index (χ3n) is 3.88. The number of aromatic nitrogens is 3. The molecule has 2 aromatic rings. The summed E-state index contributed by atoms with van der Waals surface area (Å²) in [6, 6.07) is 8.20. The Morgan fingerprint density at radius 3 is 2.90 bits per heavy atom. The first-order chi connectivity index (χ1) is 10.2. The van der Waals surface area contributed by atoms with Crippen molar-refractivity contribution in [2.75, 3.05) is 0 Å². The zero-order valence-corrected chi connectivity index (χ0v) is 13.4. The van der Waals surface area contributed by atoms with Crippen LogP contribution in [0.5, 0.6) is 0 Å². The molecule has 3 rings (SSSR count). The maximum absolute atomic E-state index is 12.2. The lowest BCUT2D eigenvalue weighted by molar-refractivity contribution is -0.122. The number of aryl methyl sites for hydroxylation is 1. The Labute approximate surface area is 131 Å².